The van der Waals surface area contributed by atoms with Crippen LogP contribution in [-0.4, -0.2) is 70.7 Å². The van der Waals surface area contributed by atoms with Crippen molar-refractivity contribution in [1.82, 2.24) is 19.4 Å². The number of fused-ring (bicyclic) bond motifs is 2. The van der Waals surface area contributed by atoms with Gasteiger partial charge >= 0.3 is 0 Å². The van der Waals surface area contributed by atoms with Gasteiger partial charge < -0.3 is 9.64 Å². The smallest absolute Gasteiger partial charge is 0.261 e. The minimum absolute atomic E-state index is 0.00835. The monoisotopic (exact) mass is 370 g/mol. The van der Waals surface area contributed by atoms with E-state index in [1.165, 1.54) is 0 Å². The molecule has 0 unspecified atom stereocenters. The number of hydrogen-bond donors (Lipinski definition) is 0. The Morgan fingerprint density at radius 3 is 2.63 bits per heavy atom. The highest BCUT2D eigenvalue weighted by molar-refractivity contribution is 5.97. The van der Waals surface area contributed by atoms with E-state index in [1.54, 1.807) is 27.7 Å². The number of rotatable bonds is 2. The number of nitrogens with zero attached hydrogens (tertiary/aromatic N) is 4. The largest absolute Gasteiger partial charge is 0.378 e. The van der Waals surface area contributed by atoms with Crippen LogP contribution >= 0.6 is 0 Å². The number of morpholine rings is 1. The summed E-state index contributed by atoms with van der Waals surface area (Å²) in [6.45, 7) is 9.08. The van der Waals surface area contributed by atoms with Gasteiger partial charge in [0.25, 0.3) is 11.5 Å². The lowest BCUT2D eigenvalue weighted by molar-refractivity contribution is 0.0303. The van der Waals surface area contributed by atoms with E-state index < -0.39 is 0 Å². The number of hydrogen-bond acceptors (Lipinski definition) is 5. The molecular formula is C20H26N4O3. The van der Waals surface area contributed by atoms with Crippen LogP contribution in [0.15, 0.2) is 23.0 Å². The molecule has 27 heavy (non-hydrogen) atoms. The molecule has 1 aromatic heterocycles. The van der Waals surface area contributed by atoms with Crippen molar-refractivity contribution in [2.24, 2.45) is 0 Å². The van der Waals surface area contributed by atoms with Gasteiger partial charge in [0.1, 0.15) is 5.82 Å². The van der Waals surface area contributed by atoms with Crippen molar-refractivity contribution in [2.45, 2.75) is 32.9 Å². The first-order valence-corrected chi connectivity index (χ1v) is 9.69. The first kappa shape index (κ1) is 18.1. The van der Waals surface area contributed by atoms with E-state index >= 15 is 0 Å². The Kier molecular flexibility index (Phi) is 4.97. The van der Waals surface area contributed by atoms with Crippen molar-refractivity contribution in [1.29, 1.82) is 0 Å². The van der Waals surface area contributed by atoms with Crippen molar-refractivity contribution in [3.8, 4) is 0 Å². The number of carbonyl (C=O) groups excluding carboxylic acids is 1. The summed E-state index contributed by atoms with van der Waals surface area (Å²) in [7, 11) is 0. The lowest BCUT2D eigenvalue weighted by Gasteiger charge is -2.26. The van der Waals surface area contributed by atoms with Gasteiger partial charge in [-0.15, -0.1) is 0 Å². The van der Waals surface area contributed by atoms with E-state index in [0.717, 1.165) is 25.3 Å². The highest BCUT2D eigenvalue weighted by Crippen LogP contribution is 2.16. The molecule has 2 aliphatic rings. The average Bonchev–Trinajstić information content (AvgIpc) is 2.91. The molecule has 7 heteroatoms. The third-order valence-corrected chi connectivity index (χ3v) is 5.54. The van der Waals surface area contributed by atoms with Crippen LogP contribution in [0.1, 0.15) is 30.0 Å². The van der Waals surface area contributed by atoms with Crippen LogP contribution in [0, 0.1) is 0 Å². The second-order valence-electron chi connectivity index (χ2n) is 7.50. The molecule has 4 rings (SSSR count). The zero-order chi connectivity index (χ0) is 19.0. The maximum Gasteiger partial charge on any atom is 0.261 e. The lowest BCUT2D eigenvalue weighted by atomic mass is 10.1. The van der Waals surface area contributed by atoms with Gasteiger partial charge in [-0.05, 0) is 32.0 Å². The summed E-state index contributed by atoms with van der Waals surface area (Å²) < 4.78 is 7.12. The normalized spacial score (nSPS) is 18.6. The predicted molar refractivity (Wildman–Crippen MR) is 103 cm³/mol. The van der Waals surface area contributed by atoms with E-state index in [4.69, 9.17) is 9.72 Å². The number of benzene rings is 1. The van der Waals surface area contributed by atoms with Crippen molar-refractivity contribution in [3.05, 3.63) is 39.9 Å². The predicted octanol–water partition coefficient (Wildman–Crippen LogP) is 1.14. The van der Waals surface area contributed by atoms with Gasteiger partial charge in [0.05, 0.1) is 24.1 Å². The van der Waals surface area contributed by atoms with Crippen LogP contribution in [0.25, 0.3) is 10.9 Å². The van der Waals surface area contributed by atoms with E-state index in [9.17, 15) is 9.59 Å². The van der Waals surface area contributed by atoms with Gasteiger partial charge in [-0.2, -0.15) is 0 Å². The fraction of sp³-hybridized carbons (Fsp3) is 0.550. The van der Waals surface area contributed by atoms with Gasteiger partial charge in [-0.1, -0.05) is 0 Å². The Bertz CT molecular complexity index is 915. The average molecular weight is 370 g/mol. The SMILES string of the molecule is CC(C)N1CCc2nc3cc(C(=O)N4CCOCC4)ccc3c(=O)n2CC1. The molecule has 3 heterocycles. The summed E-state index contributed by atoms with van der Waals surface area (Å²) in [5.41, 5.74) is 1.19. The van der Waals surface area contributed by atoms with Gasteiger partial charge in [0, 0.05) is 50.7 Å². The molecule has 2 aliphatic heterocycles. The Hall–Kier alpha value is -2.25. The quantitative estimate of drug-likeness (QED) is 0.793. The number of carbonyl (C=O) groups is 1. The number of aromatic nitrogens is 2. The van der Waals surface area contributed by atoms with Crippen LogP contribution in [0.4, 0.5) is 0 Å². The molecular weight excluding hydrogens is 344 g/mol. The van der Waals surface area contributed by atoms with E-state index in [1.807, 2.05) is 0 Å². The Morgan fingerprint density at radius 1 is 1.11 bits per heavy atom. The molecule has 1 aromatic carbocycles. The number of ether oxygens (including phenoxy) is 1. The Morgan fingerprint density at radius 2 is 1.89 bits per heavy atom. The Labute approximate surface area is 158 Å². The van der Waals surface area contributed by atoms with Crippen LogP contribution in [0.2, 0.25) is 0 Å². The lowest BCUT2D eigenvalue weighted by Crippen LogP contribution is -2.40. The highest BCUT2D eigenvalue weighted by Gasteiger charge is 2.22. The molecule has 0 N–H and O–H groups in total. The molecule has 0 radical (unpaired) electrons. The minimum atomic E-state index is -0.0250. The van der Waals surface area contributed by atoms with Crippen molar-refractivity contribution in [3.63, 3.8) is 0 Å². The van der Waals surface area contributed by atoms with Crippen LogP contribution in [0.5, 0.6) is 0 Å². The Balaban J connectivity index is 1.69. The van der Waals surface area contributed by atoms with Crippen LogP contribution in [-0.2, 0) is 17.7 Å². The maximum absolute atomic E-state index is 13.0. The summed E-state index contributed by atoms with van der Waals surface area (Å²) >= 11 is 0. The maximum atomic E-state index is 13.0. The molecule has 1 amide bonds. The minimum Gasteiger partial charge on any atom is -0.378 e. The highest BCUT2D eigenvalue weighted by atomic mass is 16.5. The van der Waals surface area contributed by atoms with Crippen molar-refractivity contribution < 1.29 is 9.53 Å². The summed E-state index contributed by atoms with van der Waals surface area (Å²) in [5, 5.41) is 0.579. The van der Waals surface area contributed by atoms with Gasteiger partial charge in [-0.3, -0.25) is 19.1 Å². The van der Waals surface area contributed by atoms with Crippen molar-refractivity contribution >= 4 is 16.8 Å². The molecule has 0 aliphatic carbocycles. The van der Waals surface area contributed by atoms with Gasteiger partial charge in [0.2, 0.25) is 0 Å². The van der Waals surface area contributed by atoms with Gasteiger partial charge in [0.15, 0.2) is 0 Å². The standard InChI is InChI=1S/C20H26N4O3/c1-14(2)22-6-5-18-21-17-13-15(19(25)23-9-11-27-12-10-23)3-4-16(17)20(26)24(18)8-7-22/h3-4,13-14H,5-12H2,1-2H3. The van der Waals surface area contributed by atoms with Crippen LogP contribution < -0.4 is 5.56 Å². The molecule has 0 bridgehead atoms. The molecule has 0 spiro atoms. The molecule has 144 valence electrons. The first-order chi connectivity index (χ1) is 13.0. The summed E-state index contributed by atoms with van der Waals surface area (Å²) in [4.78, 5) is 34.6. The van der Waals surface area contributed by atoms with Crippen molar-refractivity contribution in [2.75, 3.05) is 39.4 Å². The van der Waals surface area contributed by atoms with E-state index in [2.05, 4.69) is 18.7 Å². The summed E-state index contributed by atoms with van der Waals surface area (Å²) in [6.07, 6.45) is 0.741. The van der Waals surface area contributed by atoms with Crippen LogP contribution in [0.3, 0.4) is 0 Å². The van der Waals surface area contributed by atoms with E-state index in [-0.39, 0.29) is 11.5 Å². The van der Waals surface area contributed by atoms with Gasteiger partial charge in [-0.25, -0.2) is 4.98 Å². The third-order valence-electron chi connectivity index (χ3n) is 5.54. The topological polar surface area (TPSA) is 67.7 Å². The fourth-order valence-electron chi connectivity index (χ4n) is 3.87. The zero-order valence-electron chi connectivity index (χ0n) is 16.0. The second-order valence-corrected chi connectivity index (χ2v) is 7.50. The molecule has 7 nitrogen and oxygen atoms in total. The summed E-state index contributed by atoms with van der Waals surface area (Å²) in [6, 6.07) is 5.70. The fourth-order valence-corrected chi connectivity index (χ4v) is 3.87. The molecule has 1 fully saturated rings. The molecule has 0 saturated carbocycles. The molecule has 0 atom stereocenters. The molecule has 2 aromatic rings. The first-order valence-electron chi connectivity index (χ1n) is 9.69. The summed E-state index contributed by atoms with van der Waals surface area (Å²) in [5.74, 6) is 0.787. The zero-order valence-corrected chi connectivity index (χ0v) is 16.0. The van der Waals surface area contributed by atoms with E-state index in [0.29, 0.717) is 55.4 Å². The third kappa shape index (κ3) is 3.49. The number of amides is 1. The second kappa shape index (κ2) is 7.40. The molecule has 1 saturated heterocycles.